The average molecular weight is 479 g/mol. The van der Waals surface area contributed by atoms with Gasteiger partial charge in [0.1, 0.15) is 4.75 Å². The standard InChI is InChI=1S/C20H36BrNO3SSi/c1-19(2,3)26(23)22-18(14-25-27(8,9)20(4,5)6)15-11-10-12-17(21)16(15)13-24-7/h10-12,18,22H,13-14H2,1-9H3/t18-,26?/m1/s1. The van der Waals surface area contributed by atoms with Crippen LogP contribution in [0.15, 0.2) is 22.7 Å². The number of hydrogen-bond donors (Lipinski definition) is 1. The maximum Gasteiger partial charge on any atom is 0.192 e. The zero-order valence-electron chi connectivity index (χ0n) is 18.2. The third-order valence-corrected chi connectivity index (χ3v) is 11.9. The molecule has 2 atom stereocenters. The lowest BCUT2D eigenvalue weighted by Gasteiger charge is -2.38. The maximum absolute atomic E-state index is 12.8. The molecule has 1 N–H and O–H groups in total. The van der Waals surface area contributed by atoms with Crippen molar-refractivity contribution in [1.29, 1.82) is 0 Å². The van der Waals surface area contributed by atoms with Gasteiger partial charge in [-0.1, -0.05) is 48.8 Å². The number of methoxy groups -OCH3 is 1. The first-order valence-electron chi connectivity index (χ1n) is 9.29. The predicted molar refractivity (Wildman–Crippen MR) is 122 cm³/mol. The highest BCUT2D eigenvalue weighted by Gasteiger charge is 2.39. The summed E-state index contributed by atoms with van der Waals surface area (Å²) >= 11 is 2.42. The fourth-order valence-corrected chi connectivity index (χ4v) is 4.52. The van der Waals surface area contributed by atoms with Gasteiger partial charge in [-0.3, -0.25) is 0 Å². The Balaban J connectivity index is 3.22. The third kappa shape index (κ3) is 7.14. The lowest BCUT2D eigenvalue weighted by Crippen LogP contribution is -2.46. The fraction of sp³-hybridized carbons (Fsp3) is 0.700. The molecular weight excluding hydrogens is 442 g/mol. The van der Waals surface area contributed by atoms with Gasteiger partial charge in [0.15, 0.2) is 8.32 Å². The first-order valence-corrected chi connectivity index (χ1v) is 14.1. The number of ether oxygens (including phenoxy) is 1. The predicted octanol–water partition coefficient (Wildman–Crippen LogP) is 5.71. The van der Waals surface area contributed by atoms with Crippen molar-refractivity contribution in [1.82, 2.24) is 4.72 Å². The van der Waals surface area contributed by atoms with E-state index in [0.717, 1.165) is 15.6 Å². The molecule has 0 spiro atoms. The Hall–Kier alpha value is 0.107. The Morgan fingerprint density at radius 1 is 1.19 bits per heavy atom. The van der Waals surface area contributed by atoms with Crippen LogP contribution in [0.5, 0.6) is 0 Å². The molecule has 4 nitrogen and oxygen atoms in total. The topological polar surface area (TPSA) is 53.5 Å². The van der Waals surface area contributed by atoms with Gasteiger partial charge in [-0.15, -0.1) is 4.72 Å². The largest absolute Gasteiger partial charge is 0.598 e. The Bertz CT molecular complexity index is 614. The van der Waals surface area contributed by atoms with Crippen molar-refractivity contribution < 1.29 is 13.7 Å². The van der Waals surface area contributed by atoms with Crippen LogP contribution in [0.4, 0.5) is 0 Å². The summed E-state index contributed by atoms with van der Waals surface area (Å²) in [6, 6.07) is 5.89. The van der Waals surface area contributed by atoms with Crippen LogP contribution in [0.25, 0.3) is 0 Å². The van der Waals surface area contributed by atoms with E-state index >= 15 is 0 Å². The number of hydrogen-bond acceptors (Lipinski definition) is 4. The molecule has 156 valence electrons. The minimum atomic E-state index is -1.93. The molecular formula is C20H36BrNO3SSi. The van der Waals surface area contributed by atoms with Gasteiger partial charge in [0, 0.05) is 22.9 Å². The van der Waals surface area contributed by atoms with Crippen molar-refractivity contribution in [3.05, 3.63) is 33.8 Å². The normalized spacial score (nSPS) is 15.7. The summed E-state index contributed by atoms with van der Waals surface area (Å²) in [5, 5.41) is 0.118. The molecule has 0 fully saturated rings. The summed E-state index contributed by atoms with van der Waals surface area (Å²) in [6.07, 6.45) is 0. The monoisotopic (exact) mass is 477 g/mol. The van der Waals surface area contributed by atoms with Crippen molar-refractivity contribution in [2.45, 2.75) is 77.1 Å². The van der Waals surface area contributed by atoms with Gasteiger partial charge in [0.05, 0.1) is 19.3 Å². The molecule has 1 aromatic carbocycles. The molecule has 7 heteroatoms. The lowest BCUT2D eigenvalue weighted by atomic mass is 10.0. The molecule has 0 saturated carbocycles. The molecule has 0 aliphatic carbocycles. The van der Waals surface area contributed by atoms with Crippen LogP contribution < -0.4 is 4.72 Å². The quantitative estimate of drug-likeness (QED) is 0.384. The van der Waals surface area contributed by atoms with Gasteiger partial charge in [-0.05, 0) is 56.1 Å². The summed E-state index contributed by atoms with van der Waals surface area (Å²) in [7, 11) is -0.243. The van der Waals surface area contributed by atoms with Gasteiger partial charge in [-0.25, -0.2) is 0 Å². The summed E-state index contributed by atoms with van der Waals surface area (Å²) in [5.41, 5.74) is 2.12. The van der Waals surface area contributed by atoms with Crippen molar-refractivity contribution in [3.63, 3.8) is 0 Å². The van der Waals surface area contributed by atoms with E-state index in [4.69, 9.17) is 9.16 Å². The molecule has 0 radical (unpaired) electrons. The minimum Gasteiger partial charge on any atom is -0.598 e. The Labute approximate surface area is 178 Å². The van der Waals surface area contributed by atoms with Crippen LogP contribution in [0.3, 0.4) is 0 Å². The molecule has 1 aromatic rings. The van der Waals surface area contributed by atoms with Crippen molar-refractivity contribution >= 4 is 35.6 Å². The second-order valence-corrected chi connectivity index (χ2v) is 17.0. The number of benzene rings is 1. The SMILES string of the molecule is COCc1c(Br)cccc1[C@@H](CO[Si](C)(C)C(C)(C)C)N[S+]([O-])C(C)(C)C. The van der Waals surface area contributed by atoms with E-state index in [1.165, 1.54) is 0 Å². The van der Waals surface area contributed by atoms with E-state index in [0.29, 0.717) is 13.2 Å². The third-order valence-electron chi connectivity index (χ3n) is 5.04. The summed E-state index contributed by atoms with van der Waals surface area (Å²) in [5.74, 6) is 0. The number of halogens is 1. The van der Waals surface area contributed by atoms with Crippen LogP contribution in [0.1, 0.15) is 58.7 Å². The van der Waals surface area contributed by atoms with E-state index in [1.807, 2.05) is 32.9 Å². The van der Waals surface area contributed by atoms with Gasteiger partial charge in [0.2, 0.25) is 0 Å². The first kappa shape index (κ1) is 25.1. The molecule has 0 bridgehead atoms. The van der Waals surface area contributed by atoms with E-state index in [2.05, 4.69) is 60.6 Å². The minimum absolute atomic E-state index is 0.118. The zero-order chi connectivity index (χ0) is 21.0. The van der Waals surface area contributed by atoms with Gasteiger partial charge in [-0.2, -0.15) is 0 Å². The van der Waals surface area contributed by atoms with Gasteiger partial charge < -0.3 is 13.7 Å². The maximum atomic E-state index is 12.8. The number of rotatable bonds is 8. The van der Waals surface area contributed by atoms with Crippen LogP contribution in [-0.4, -0.2) is 31.3 Å². The molecule has 0 heterocycles. The Morgan fingerprint density at radius 2 is 1.78 bits per heavy atom. The van der Waals surface area contributed by atoms with Crippen LogP contribution in [-0.2, 0) is 27.1 Å². The highest BCUT2D eigenvalue weighted by Crippen LogP contribution is 2.38. The van der Waals surface area contributed by atoms with E-state index in [1.54, 1.807) is 7.11 Å². The molecule has 0 aliphatic rings. The van der Waals surface area contributed by atoms with Crippen molar-refractivity contribution in [2.24, 2.45) is 0 Å². The van der Waals surface area contributed by atoms with Crippen molar-refractivity contribution in [2.75, 3.05) is 13.7 Å². The van der Waals surface area contributed by atoms with Crippen LogP contribution >= 0.6 is 15.9 Å². The van der Waals surface area contributed by atoms with E-state index in [-0.39, 0.29) is 15.8 Å². The number of nitrogens with one attached hydrogen (secondary N) is 1. The van der Waals surface area contributed by atoms with Gasteiger partial charge in [0.25, 0.3) is 0 Å². The Kier molecular flexibility index (Phi) is 9.07. The molecule has 0 amide bonds. The smallest absolute Gasteiger partial charge is 0.192 e. The van der Waals surface area contributed by atoms with Crippen LogP contribution in [0.2, 0.25) is 18.1 Å². The molecule has 0 aliphatic heterocycles. The van der Waals surface area contributed by atoms with E-state index in [9.17, 15) is 4.55 Å². The lowest BCUT2D eigenvalue weighted by molar-refractivity contribution is 0.181. The second kappa shape index (κ2) is 9.74. The summed E-state index contributed by atoms with van der Waals surface area (Å²) in [6.45, 7) is 18.0. The molecule has 27 heavy (non-hydrogen) atoms. The first-order chi connectivity index (χ1) is 12.2. The average Bonchev–Trinajstić information content (AvgIpc) is 2.51. The Morgan fingerprint density at radius 3 is 2.26 bits per heavy atom. The molecule has 0 aromatic heterocycles. The highest BCUT2D eigenvalue weighted by atomic mass is 79.9. The second-order valence-electron chi connectivity index (χ2n) is 9.36. The molecule has 0 saturated heterocycles. The van der Waals surface area contributed by atoms with Crippen LogP contribution in [0, 0.1) is 0 Å². The molecule has 1 rings (SSSR count). The zero-order valence-corrected chi connectivity index (χ0v) is 21.6. The van der Waals surface area contributed by atoms with Crippen molar-refractivity contribution in [3.8, 4) is 0 Å². The summed E-state index contributed by atoms with van der Waals surface area (Å²) < 4.78 is 28.7. The highest BCUT2D eigenvalue weighted by molar-refractivity contribution is 9.10. The fourth-order valence-electron chi connectivity index (χ4n) is 2.20. The van der Waals surface area contributed by atoms with E-state index < -0.39 is 19.7 Å². The molecule has 1 unspecified atom stereocenters. The summed E-state index contributed by atoms with van der Waals surface area (Å²) in [4.78, 5) is 0. The van der Waals surface area contributed by atoms with Gasteiger partial charge >= 0.3 is 0 Å².